The third kappa shape index (κ3) is 4.47. The molecule has 5 rings (SSSR count). The summed E-state index contributed by atoms with van der Waals surface area (Å²) in [6, 6.07) is 18.4. The monoisotopic (exact) mass is 485 g/mol. The molecule has 36 heavy (non-hydrogen) atoms. The molecule has 1 fully saturated rings. The molecular formula is C27H27N5O4. The molecule has 0 saturated carbocycles. The molecule has 0 N–H and O–H groups in total. The molecule has 2 aromatic rings. The van der Waals surface area contributed by atoms with Crippen molar-refractivity contribution in [3.05, 3.63) is 89.0 Å². The minimum atomic E-state index is -0.625. The minimum Gasteiger partial charge on any atom is -0.481 e. The molecule has 2 aromatic carbocycles. The van der Waals surface area contributed by atoms with Crippen LogP contribution in [-0.2, 0) is 11.8 Å². The summed E-state index contributed by atoms with van der Waals surface area (Å²) >= 11 is 0. The first-order valence-corrected chi connectivity index (χ1v) is 11.9. The van der Waals surface area contributed by atoms with Gasteiger partial charge in [-0.25, -0.2) is 0 Å². The average molecular weight is 486 g/mol. The van der Waals surface area contributed by atoms with Crippen molar-refractivity contribution in [2.45, 2.75) is 13.0 Å². The Morgan fingerprint density at radius 3 is 2.17 bits per heavy atom. The second-order valence-corrected chi connectivity index (χ2v) is 8.84. The third-order valence-corrected chi connectivity index (χ3v) is 6.31. The lowest BCUT2D eigenvalue weighted by Crippen LogP contribution is -2.53. The zero-order valence-electron chi connectivity index (χ0n) is 20.2. The third-order valence-electron chi connectivity index (χ3n) is 6.31. The molecule has 184 valence electrons. The molecule has 0 aliphatic carbocycles. The van der Waals surface area contributed by atoms with Crippen LogP contribution in [0.1, 0.15) is 17.3 Å². The number of ether oxygens (including phenoxy) is 1. The highest BCUT2D eigenvalue weighted by atomic mass is 16.5. The van der Waals surface area contributed by atoms with E-state index in [1.165, 1.54) is 4.68 Å². The summed E-state index contributed by atoms with van der Waals surface area (Å²) in [5.74, 6) is 0.312. The van der Waals surface area contributed by atoms with Crippen molar-refractivity contribution in [2.75, 3.05) is 26.2 Å². The number of fused-ring (bicyclic) bond motifs is 1. The van der Waals surface area contributed by atoms with E-state index < -0.39 is 6.10 Å². The van der Waals surface area contributed by atoms with Gasteiger partial charge in [-0.3, -0.25) is 14.4 Å². The van der Waals surface area contributed by atoms with E-state index in [0.29, 0.717) is 54.4 Å². The predicted octanol–water partition coefficient (Wildman–Crippen LogP) is 2.43. The van der Waals surface area contributed by atoms with Gasteiger partial charge in [0.1, 0.15) is 11.4 Å². The van der Waals surface area contributed by atoms with Crippen LogP contribution < -0.4 is 10.3 Å². The summed E-state index contributed by atoms with van der Waals surface area (Å²) in [5.41, 5.74) is 1.48. The predicted molar refractivity (Wildman–Crippen MR) is 134 cm³/mol. The minimum absolute atomic E-state index is 0.114. The summed E-state index contributed by atoms with van der Waals surface area (Å²) in [6.45, 7) is 3.30. The normalized spacial score (nSPS) is 14.6. The maximum Gasteiger partial charge on any atom is 0.282 e. The molecule has 1 atom stereocenters. The van der Waals surface area contributed by atoms with Crippen LogP contribution in [0.25, 0.3) is 16.9 Å². The van der Waals surface area contributed by atoms with Gasteiger partial charge in [0.05, 0.1) is 16.8 Å². The Hall–Kier alpha value is -4.40. The zero-order chi connectivity index (χ0) is 25.2. The topological polar surface area (TPSA) is 89.7 Å². The van der Waals surface area contributed by atoms with Crippen LogP contribution >= 0.6 is 0 Å². The first kappa shape index (κ1) is 23.3. The maximum absolute atomic E-state index is 13.5. The van der Waals surface area contributed by atoms with Crippen molar-refractivity contribution in [1.29, 1.82) is 0 Å². The summed E-state index contributed by atoms with van der Waals surface area (Å²) in [4.78, 5) is 42.9. The van der Waals surface area contributed by atoms with Crippen LogP contribution in [0, 0.1) is 0 Å². The Balaban J connectivity index is 1.31. The highest BCUT2D eigenvalue weighted by molar-refractivity contribution is 6.00. The van der Waals surface area contributed by atoms with Gasteiger partial charge in [-0.2, -0.15) is 9.78 Å². The van der Waals surface area contributed by atoms with Gasteiger partial charge in [0.2, 0.25) is 0 Å². The van der Waals surface area contributed by atoms with Gasteiger partial charge in [0.25, 0.3) is 17.4 Å². The highest BCUT2D eigenvalue weighted by Crippen LogP contribution is 2.24. The first-order valence-electron chi connectivity index (χ1n) is 11.9. The molecule has 2 amide bonds. The van der Waals surface area contributed by atoms with Gasteiger partial charge in [0.15, 0.2) is 6.10 Å². The lowest BCUT2D eigenvalue weighted by molar-refractivity contribution is -0.139. The fourth-order valence-corrected chi connectivity index (χ4v) is 4.45. The van der Waals surface area contributed by atoms with E-state index in [9.17, 15) is 14.4 Å². The number of carbonyl (C=O) groups excluding carboxylic acids is 2. The molecule has 9 heteroatoms. The summed E-state index contributed by atoms with van der Waals surface area (Å²) in [5, 5.41) is 4.51. The summed E-state index contributed by atoms with van der Waals surface area (Å²) < 4.78 is 8.80. The SMILES string of the molecule is CC(Oc1ccccc1)C(=O)N1CCN(C(=O)c2cn(C)cc3c(=O)n(-c4ccccc4)nc2-3)CC1. The lowest BCUT2D eigenvalue weighted by atomic mass is 10.1. The Morgan fingerprint density at radius 2 is 1.50 bits per heavy atom. The zero-order valence-corrected chi connectivity index (χ0v) is 20.2. The Labute approximate surface area is 208 Å². The number of benzene rings is 2. The molecule has 3 heterocycles. The number of rotatable bonds is 5. The van der Waals surface area contributed by atoms with E-state index in [2.05, 4.69) is 5.10 Å². The van der Waals surface area contributed by atoms with Crippen molar-refractivity contribution >= 4 is 11.8 Å². The van der Waals surface area contributed by atoms with Crippen LogP contribution in [-0.4, -0.2) is 68.2 Å². The van der Waals surface area contributed by atoms with Crippen molar-refractivity contribution in [1.82, 2.24) is 24.1 Å². The molecular weight excluding hydrogens is 458 g/mol. The highest BCUT2D eigenvalue weighted by Gasteiger charge is 2.31. The van der Waals surface area contributed by atoms with Crippen LogP contribution in [0.3, 0.4) is 0 Å². The number of nitrogens with zero attached hydrogens (tertiary/aromatic N) is 5. The summed E-state index contributed by atoms with van der Waals surface area (Å²) in [6.07, 6.45) is 2.76. The molecule has 0 bridgehead atoms. The number of aromatic nitrogens is 3. The fourth-order valence-electron chi connectivity index (χ4n) is 4.45. The lowest BCUT2D eigenvalue weighted by Gasteiger charge is -2.36. The van der Waals surface area contributed by atoms with Crippen molar-refractivity contribution in [2.24, 2.45) is 7.05 Å². The Kier molecular flexibility index (Phi) is 6.28. The number of hydrogen-bond acceptors (Lipinski definition) is 5. The number of para-hydroxylation sites is 2. The molecule has 0 radical (unpaired) electrons. The van der Waals surface area contributed by atoms with Gasteiger partial charge in [-0.15, -0.1) is 0 Å². The number of carbonyl (C=O) groups is 2. The van der Waals surface area contributed by atoms with Gasteiger partial charge in [-0.1, -0.05) is 36.4 Å². The number of hydrogen-bond donors (Lipinski definition) is 0. The number of amides is 2. The maximum atomic E-state index is 13.5. The molecule has 0 aromatic heterocycles. The molecule has 3 aliphatic rings. The molecule has 1 unspecified atom stereocenters. The first-order chi connectivity index (χ1) is 17.4. The van der Waals surface area contributed by atoms with E-state index in [-0.39, 0.29) is 17.4 Å². The Bertz CT molecular complexity index is 1410. The van der Waals surface area contributed by atoms with E-state index in [1.807, 2.05) is 48.5 Å². The van der Waals surface area contributed by atoms with Crippen LogP contribution in [0.4, 0.5) is 0 Å². The van der Waals surface area contributed by atoms with Gasteiger partial charge >= 0.3 is 0 Å². The number of aryl methyl sites for hydroxylation is 1. The number of piperazine rings is 1. The van der Waals surface area contributed by atoms with Crippen molar-refractivity contribution in [3.8, 4) is 22.7 Å². The van der Waals surface area contributed by atoms with E-state index in [1.54, 1.807) is 52.9 Å². The van der Waals surface area contributed by atoms with Gasteiger partial charge in [0, 0.05) is 45.6 Å². The van der Waals surface area contributed by atoms with Gasteiger partial charge in [-0.05, 0) is 31.2 Å². The van der Waals surface area contributed by atoms with E-state index >= 15 is 0 Å². The van der Waals surface area contributed by atoms with Crippen LogP contribution in [0.2, 0.25) is 0 Å². The second-order valence-electron chi connectivity index (χ2n) is 8.84. The largest absolute Gasteiger partial charge is 0.481 e. The van der Waals surface area contributed by atoms with Crippen molar-refractivity contribution < 1.29 is 14.3 Å². The smallest absolute Gasteiger partial charge is 0.282 e. The molecule has 3 aliphatic heterocycles. The quantitative estimate of drug-likeness (QED) is 0.433. The van der Waals surface area contributed by atoms with Gasteiger partial charge < -0.3 is 19.1 Å². The van der Waals surface area contributed by atoms with E-state index in [4.69, 9.17) is 4.74 Å². The van der Waals surface area contributed by atoms with Crippen LogP contribution in [0.15, 0.2) is 77.9 Å². The second kappa shape index (κ2) is 9.69. The van der Waals surface area contributed by atoms with E-state index in [0.717, 1.165) is 0 Å². The molecule has 9 nitrogen and oxygen atoms in total. The average Bonchev–Trinajstić information content (AvgIpc) is 3.24. The molecule has 0 spiro atoms. The van der Waals surface area contributed by atoms with Crippen molar-refractivity contribution in [3.63, 3.8) is 0 Å². The standard InChI is InChI=1S/C27H27N5O4/c1-19(36-21-11-7-4-8-12-21)25(33)30-13-15-31(16-14-30)26(34)22-17-29(2)18-23-24(22)28-32(27(23)35)20-9-5-3-6-10-20/h3-12,17-19H,13-16H2,1-2H3. The number of pyridine rings is 1. The van der Waals surface area contributed by atoms with Crippen LogP contribution in [0.5, 0.6) is 5.75 Å². The summed E-state index contributed by atoms with van der Waals surface area (Å²) in [7, 11) is 1.78. The molecule has 1 saturated heterocycles. The fraction of sp³-hybridized carbons (Fsp3) is 0.259. The Morgan fingerprint density at radius 1 is 0.889 bits per heavy atom.